The molecule has 1 aromatic carbocycles. The van der Waals surface area contributed by atoms with Gasteiger partial charge in [-0.05, 0) is 43.9 Å². The number of methoxy groups -OCH3 is 1. The van der Waals surface area contributed by atoms with Crippen LogP contribution in [0.4, 0.5) is 0 Å². The van der Waals surface area contributed by atoms with Gasteiger partial charge in [-0.1, -0.05) is 18.0 Å². The molecule has 0 amide bonds. The Kier molecular flexibility index (Phi) is 3.37. The fourth-order valence-corrected chi connectivity index (χ4v) is 3.18. The summed E-state index contributed by atoms with van der Waals surface area (Å²) in [5.74, 6) is 0.819. The molecule has 1 aliphatic carbocycles. The van der Waals surface area contributed by atoms with Crippen molar-refractivity contribution in [1.82, 2.24) is 0 Å². The largest absolute Gasteiger partial charge is 0.495 e. The maximum absolute atomic E-state index is 6.29. The normalized spacial score (nSPS) is 17.7. The summed E-state index contributed by atoms with van der Waals surface area (Å²) < 4.78 is 5.51. The summed E-state index contributed by atoms with van der Waals surface area (Å²) in [5.41, 5.74) is 9.81. The minimum Gasteiger partial charge on any atom is -0.495 e. The lowest BCUT2D eigenvalue weighted by molar-refractivity contribution is 0.242. The first-order valence-corrected chi connectivity index (χ1v) is 6.48. The van der Waals surface area contributed by atoms with Crippen molar-refractivity contribution in [3.8, 4) is 5.75 Å². The van der Waals surface area contributed by atoms with E-state index in [4.69, 9.17) is 22.1 Å². The van der Waals surface area contributed by atoms with Gasteiger partial charge in [0.15, 0.2) is 0 Å². The maximum Gasteiger partial charge on any atom is 0.141 e. The fourth-order valence-electron chi connectivity index (χ4n) is 2.85. The second-order valence-electron chi connectivity index (χ2n) is 5.05. The van der Waals surface area contributed by atoms with E-state index in [2.05, 4.69) is 13.8 Å². The molecular weight excluding hydrogens is 234 g/mol. The van der Waals surface area contributed by atoms with Gasteiger partial charge in [-0.2, -0.15) is 0 Å². The average Bonchev–Trinajstić information content (AvgIpc) is 2.24. The van der Waals surface area contributed by atoms with Gasteiger partial charge in [0.1, 0.15) is 5.75 Å². The van der Waals surface area contributed by atoms with Gasteiger partial charge >= 0.3 is 0 Å². The van der Waals surface area contributed by atoms with E-state index in [1.165, 1.54) is 23.1 Å². The average molecular weight is 254 g/mol. The third kappa shape index (κ3) is 1.84. The number of aryl methyl sites for hydroxylation is 1. The van der Waals surface area contributed by atoms with E-state index >= 15 is 0 Å². The molecule has 0 spiro atoms. The standard InChI is InChI=1S/C14H20ClNO/c1-9-7-11(15)13(17-3)12(10(9)2)14(8-16)5-4-6-14/h7H,4-6,8,16H2,1-3H3. The first-order chi connectivity index (χ1) is 8.05. The minimum atomic E-state index is 0.0884. The fraction of sp³-hybridized carbons (Fsp3) is 0.571. The van der Waals surface area contributed by atoms with Crippen LogP contribution < -0.4 is 10.5 Å². The highest BCUT2D eigenvalue weighted by atomic mass is 35.5. The number of hydrogen-bond acceptors (Lipinski definition) is 2. The SMILES string of the molecule is COc1c(Cl)cc(C)c(C)c1C1(CN)CCC1. The quantitative estimate of drug-likeness (QED) is 0.897. The van der Waals surface area contributed by atoms with Gasteiger partial charge in [0, 0.05) is 17.5 Å². The smallest absolute Gasteiger partial charge is 0.141 e. The molecule has 3 heteroatoms. The summed E-state index contributed by atoms with van der Waals surface area (Å²) in [6, 6.07) is 1.97. The van der Waals surface area contributed by atoms with Gasteiger partial charge in [0.25, 0.3) is 0 Å². The van der Waals surface area contributed by atoms with Crippen molar-refractivity contribution in [2.45, 2.75) is 38.5 Å². The third-order valence-corrected chi connectivity index (χ3v) is 4.47. The van der Waals surface area contributed by atoms with Crippen molar-refractivity contribution < 1.29 is 4.74 Å². The van der Waals surface area contributed by atoms with Crippen molar-refractivity contribution >= 4 is 11.6 Å². The predicted octanol–water partition coefficient (Wildman–Crippen LogP) is 3.35. The molecule has 0 bridgehead atoms. The van der Waals surface area contributed by atoms with Crippen LogP contribution in [0.3, 0.4) is 0 Å². The molecule has 94 valence electrons. The van der Waals surface area contributed by atoms with Crippen LogP contribution in [0.5, 0.6) is 5.75 Å². The lowest BCUT2D eigenvalue weighted by Gasteiger charge is -2.43. The van der Waals surface area contributed by atoms with E-state index < -0.39 is 0 Å². The highest BCUT2D eigenvalue weighted by Crippen LogP contribution is 2.50. The maximum atomic E-state index is 6.29. The van der Waals surface area contributed by atoms with Gasteiger partial charge in [0.05, 0.1) is 12.1 Å². The first kappa shape index (κ1) is 12.7. The second kappa shape index (κ2) is 4.51. The lowest BCUT2D eigenvalue weighted by atomic mass is 9.63. The van der Waals surface area contributed by atoms with Crippen molar-refractivity contribution in [3.05, 3.63) is 27.8 Å². The summed E-state index contributed by atoms with van der Waals surface area (Å²) in [6.45, 7) is 4.90. The van der Waals surface area contributed by atoms with Gasteiger partial charge < -0.3 is 10.5 Å². The van der Waals surface area contributed by atoms with E-state index in [0.29, 0.717) is 11.6 Å². The molecule has 0 atom stereocenters. The zero-order chi connectivity index (χ0) is 12.6. The minimum absolute atomic E-state index is 0.0884. The molecule has 0 aromatic heterocycles. The Labute approximate surface area is 108 Å². The van der Waals surface area contributed by atoms with Crippen LogP contribution >= 0.6 is 11.6 Å². The Morgan fingerprint density at radius 1 is 1.41 bits per heavy atom. The van der Waals surface area contributed by atoms with E-state index in [0.717, 1.165) is 18.6 Å². The summed E-state index contributed by atoms with van der Waals surface area (Å²) >= 11 is 6.29. The zero-order valence-corrected chi connectivity index (χ0v) is 11.5. The first-order valence-electron chi connectivity index (χ1n) is 6.10. The van der Waals surface area contributed by atoms with Crippen LogP contribution in [0.2, 0.25) is 5.02 Å². The van der Waals surface area contributed by atoms with E-state index in [-0.39, 0.29) is 5.41 Å². The topological polar surface area (TPSA) is 35.2 Å². The summed E-state index contributed by atoms with van der Waals surface area (Å²) in [4.78, 5) is 0. The number of rotatable bonds is 3. The number of hydrogen-bond donors (Lipinski definition) is 1. The van der Waals surface area contributed by atoms with Crippen molar-refractivity contribution in [2.75, 3.05) is 13.7 Å². The van der Waals surface area contributed by atoms with Gasteiger partial charge in [0.2, 0.25) is 0 Å². The van der Waals surface area contributed by atoms with Gasteiger partial charge in [-0.15, -0.1) is 0 Å². The number of ether oxygens (including phenoxy) is 1. The number of halogens is 1. The summed E-state index contributed by atoms with van der Waals surface area (Å²) in [6.07, 6.45) is 3.52. The molecule has 1 fully saturated rings. The van der Waals surface area contributed by atoms with Crippen LogP contribution in [-0.2, 0) is 5.41 Å². The Morgan fingerprint density at radius 3 is 2.47 bits per heavy atom. The Morgan fingerprint density at radius 2 is 2.06 bits per heavy atom. The van der Waals surface area contributed by atoms with Crippen LogP contribution in [-0.4, -0.2) is 13.7 Å². The monoisotopic (exact) mass is 253 g/mol. The van der Waals surface area contributed by atoms with Crippen molar-refractivity contribution in [1.29, 1.82) is 0 Å². The highest BCUT2D eigenvalue weighted by molar-refractivity contribution is 6.32. The molecule has 2 rings (SSSR count). The second-order valence-corrected chi connectivity index (χ2v) is 5.45. The zero-order valence-electron chi connectivity index (χ0n) is 10.8. The molecule has 0 radical (unpaired) electrons. The van der Waals surface area contributed by atoms with Crippen LogP contribution in [0.15, 0.2) is 6.07 Å². The van der Waals surface area contributed by atoms with Crippen LogP contribution in [0, 0.1) is 13.8 Å². The molecule has 0 aliphatic heterocycles. The molecule has 2 N–H and O–H groups in total. The molecule has 1 saturated carbocycles. The number of benzene rings is 1. The molecule has 17 heavy (non-hydrogen) atoms. The Balaban J connectivity index is 2.65. The Bertz CT molecular complexity index is 433. The molecule has 0 saturated heterocycles. The molecule has 0 unspecified atom stereocenters. The van der Waals surface area contributed by atoms with E-state index in [1.807, 2.05) is 6.07 Å². The molecule has 1 aliphatic rings. The highest BCUT2D eigenvalue weighted by Gasteiger charge is 2.41. The van der Waals surface area contributed by atoms with E-state index in [1.54, 1.807) is 7.11 Å². The van der Waals surface area contributed by atoms with Crippen molar-refractivity contribution in [3.63, 3.8) is 0 Å². The molecular formula is C14H20ClNO. The lowest BCUT2D eigenvalue weighted by Crippen LogP contribution is -2.42. The summed E-state index contributed by atoms with van der Waals surface area (Å²) in [7, 11) is 1.68. The van der Waals surface area contributed by atoms with Gasteiger partial charge in [-0.25, -0.2) is 0 Å². The van der Waals surface area contributed by atoms with E-state index in [9.17, 15) is 0 Å². The van der Waals surface area contributed by atoms with Gasteiger partial charge in [-0.3, -0.25) is 0 Å². The third-order valence-electron chi connectivity index (χ3n) is 4.19. The molecule has 0 heterocycles. The molecule has 2 nitrogen and oxygen atoms in total. The predicted molar refractivity (Wildman–Crippen MR) is 72.1 cm³/mol. The van der Waals surface area contributed by atoms with Crippen LogP contribution in [0.25, 0.3) is 0 Å². The Hall–Kier alpha value is -0.730. The van der Waals surface area contributed by atoms with Crippen molar-refractivity contribution in [2.24, 2.45) is 5.73 Å². The molecule has 1 aromatic rings. The van der Waals surface area contributed by atoms with Crippen LogP contribution in [0.1, 0.15) is 36.0 Å². The summed E-state index contributed by atoms with van der Waals surface area (Å²) in [5, 5.41) is 0.699. The number of nitrogens with two attached hydrogens (primary N) is 1.